The zero-order valence-corrected chi connectivity index (χ0v) is 28.0. The maximum atomic E-state index is 12.7. The molecule has 0 heterocycles. The van der Waals surface area contributed by atoms with Crippen molar-refractivity contribution in [3.05, 3.63) is 41.5 Å². The van der Waals surface area contributed by atoms with E-state index < -0.39 is 0 Å². The lowest BCUT2D eigenvalue weighted by atomic mass is 9.41. The third-order valence-electron chi connectivity index (χ3n) is 13.5. The molecule has 4 aliphatic rings. The molecule has 0 unspecified atom stereocenters. The van der Waals surface area contributed by atoms with E-state index in [0.29, 0.717) is 22.3 Å². The summed E-state index contributed by atoms with van der Waals surface area (Å²) in [5, 5.41) is 19.2. The second-order valence-electron chi connectivity index (χ2n) is 16.0. The molecule has 5 rings (SSSR count). The highest BCUT2D eigenvalue weighted by Gasteiger charge is 2.64. The SMILES string of the molecule is CC[C@H](CC[C@@H](C)[C@H]1CC[C@@H]2[C@]1(C)CC[C@H]1[C@@]2(C)CC=C2C[C@@H](OC(=O)/C=C/c3ccc(O)c(O)c3)CC[C@@]21C)C(C)C. The smallest absolute Gasteiger partial charge is 0.331 e. The first kappa shape index (κ1) is 32.2. The topological polar surface area (TPSA) is 66.8 Å². The van der Waals surface area contributed by atoms with Crippen molar-refractivity contribution in [2.24, 2.45) is 51.8 Å². The molecule has 3 fully saturated rings. The maximum Gasteiger partial charge on any atom is 0.331 e. The number of ether oxygens (including phenoxy) is 1. The van der Waals surface area contributed by atoms with Crippen LogP contribution in [0.2, 0.25) is 0 Å². The van der Waals surface area contributed by atoms with Gasteiger partial charge in [0.2, 0.25) is 0 Å². The van der Waals surface area contributed by atoms with Gasteiger partial charge in [0.15, 0.2) is 11.5 Å². The molecule has 0 radical (unpaired) electrons. The number of allylic oxidation sites excluding steroid dienone is 1. The van der Waals surface area contributed by atoms with E-state index >= 15 is 0 Å². The highest BCUT2D eigenvalue weighted by molar-refractivity contribution is 5.87. The molecule has 0 aliphatic heterocycles. The Morgan fingerprint density at radius 1 is 0.977 bits per heavy atom. The van der Waals surface area contributed by atoms with Crippen LogP contribution in [0.3, 0.4) is 0 Å². The van der Waals surface area contributed by atoms with Crippen LogP contribution in [0, 0.1) is 51.8 Å². The van der Waals surface area contributed by atoms with Gasteiger partial charge in [0.05, 0.1) is 0 Å². The van der Waals surface area contributed by atoms with Crippen molar-refractivity contribution in [1.29, 1.82) is 0 Å². The Morgan fingerprint density at radius 3 is 2.44 bits per heavy atom. The van der Waals surface area contributed by atoms with Crippen LogP contribution in [0.25, 0.3) is 6.08 Å². The average Bonchev–Trinajstić information content (AvgIpc) is 3.32. The molecule has 4 aliphatic carbocycles. The first-order valence-electron chi connectivity index (χ1n) is 17.4. The van der Waals surface area contributed by atoms with E-state index in [4.69, 9.17) is 4.74 Å². The average molecular weight is 591 g/mol. The first-order chi connectivity index (χ1) is 20.3. The van der Waals surface area contributed by atoms with Gasteiger partial charge in [-0.25, -0.2) is 4.79 Å². The van der Waals surface area contributed by atoms with Gasteiger partial charge in [-0.3, -0.25) is 0 Å². The molecule has 3 saturated carbocycles. The predicted molar refractivity (Wildman–Crippen MR) is 176 cm³/mol. The van der Waals surface area contributed by atoms with E-state index in [9.17, 15) is 15.0 Å². The molecule has 0 aromatic heterocycles. The molecule has 0 saturated heterocycles. The molecule has 9 atom stereocenters. The fraction of sp³-hybridized carbons (Fsp3) is 0.718. The van der Waals surface area contributed by atoms with Crippen LogP contribution in [0.1, 0.15) is 125 Å². The van der Waals surface area contributed by atoms with Gasteiger partial charge in [-0.15, -0.1) is 0 Å². The van der Waals surface area contributed by atoms with Gasteiger partial charge in [-0.1, -0.05) is 79.0 Å². The number of carbonyl (C=O) groups is 1. The van der Waals surface area contributed by atoms with Gasteiger partial charge < -0.3 is 14.9 Å². The summed E-state index contributed by atoms with van der Waals surface area (Å²) in [4.78, 5) is 12.7. The minimum Gasteiger partial charge on any atom is -0.504 e. The van der Waals surface area contributed by atoms with Crippen LogP contribution in [0.5, 0.6) is 11.5 Å². The van der Waals surface area contributed by atoms with Crippen molar-refractivity contribution in [3.63, 3.8) is 0 Å². The van der Waals surface area contributed by atoms with Crippen molar-refractivity contribution in [2.45, 2.75) is 125 Å². The zero-order chi connectivity index (χ0) is 31.2. The van der Waals surface area contributed by atoms with Crippen molar-refractivity contribution < 1.29 is 19.7 Å². The maximum absolute atomic E-state index is 12.7. The predicted octanol–water partition coefficient (Wildman–Crippen LogP) is 10.1. The molecule has 1 aromatic carbocycles. The number of esters is 1. The summed E-state index contributed by atoms with van der Waals surface area (Å²) >= 11 is 0. The summed E-state index contributed by atoms with van der Waals surface area (Å²) < 4.78 is 5.93. The molecular weight excluding hydrogens is 532 g/mol. The summed E-state index contributed by atoms with van der Waals surface area (Å²) in [7, 11) is 0. The van der Waals surface area contributed by atoms with Crippen LogP contribution in [0.15, 0.2) is 35.9 Å². The number of benzene rings is 1. The van der Waals surface area contributed by atoms with Crippen molar-refractivity contribution in [1.82, 2.24) is 0 Å². The molecule has 0 bridgehead atoms. The van der Waals surface area contributed by atoms with Gasteiger partial charge in [0.25, 0.3) is 0 Å². The summed E-state index contributed by atoms with van der Waals surface area (Å²) in [5.41, 5.74) is 3.18. The first-order valence-corrected chi connectivity index (χ1v) is 17.4. The quantitative estimate of drug-likeness (QED) is 0.130. The second kappa shape index (κ2) is 12.3. The van der Waals surface area contributed by atoms with E-state index in [-0.39, 0.29) is 29.0 Å². The number of fused-ring (bicyclic) bond motifs is 5. The Bertz CT molecular complexity index is 1230. The Kier molecular flexibility index (Phi) is 9.19. The van der Waals surface area contributed by atoms with Gasteiger partial charge in [0.1, 0.15) is 6.10 Å². The molecule has 0 spiro atoms. The summed E-state index contributed by atoms with van der Waals surface area (Å²) in [5.74, 6) is 4.11. The van der Waals surface area contributed by atoms with Crippen molar-refractivity contribution in [3.8, 4) is 11.5 Å². The highest BCUT2D eigenvalue weighted by Crippen LogP contribution is 2.72. The number of phenols is 2. The van der Waals surface area contributed by atoms with E-state index in [0.717, 1.165) is 48.9 Å². The van der Waals surface area contributed by atoms with Gasteiger partial charge in [-0.05, 0) is 127 Å². The van der Waals surface area contributed by atoms with Crippen LogP contribution in [0.4, 0.5) is 0 Å². The highest BCUT2D eigenvalue weighted by atomic mass is 16.5. The largest absolute Gasteiger partial charge is 0.504 e. The summed E-state index contributed by atoms with van der Waals surface area (Å²) in [6.07, 6.45) is 19.1. The lowest BCUT2D eigenvalue weighted by Crippen LogP contribution is -2.56. The van der Waals surface area contributed by atoms with E-state index in [1.54, 1.807) is 12.1 Å². The fourth-order valence-electron chi connectivity index (χ4n) is 11.1. The number of phenolic OH excluding ortho intramolecular Hbond substituents is 2. The van der Waals surface area contributed by atoms with Crippen LogP contribution >= 0.6 is 0 Å². The fourth-order valence-corrected chi connectivity index (χ4v) is 11.1. The van der Waals surface area contributed by atoms with Crippen LogP contribution in [-0.4, -0.2) is 22.3 Å². The van der Waals surface area contributed by atoms with Gasteiger partial charge in [0, 0.05) is 12.5 Å². The van der Waals surface area contributed by atoms with Crippen molar-refractivity contribution >= 4 is 12.0 Å². The minimum atomic E-state index is -0.347. The Balaban J connectivity index is 1.24. The van der Waals surface area contributed by atoms with E-state index in [2.05, 4.69) is 54.5 Å². The second-order valence-corrected chi connectivity index (χ2v) is 16.0. The summed E-state index contributed by atoms with van der Waals surface area (Å²) in [6.45, 7) is 17.6. The Labute approximate surface area is 261 Å². The Hall–Kier alpha value is -2.23. The van der Waals surface area contributed by atoms with E-state index in [1.165, 1.54) is 75.1 Å². The minimum absolute atomic E-state index is 0.0857. The molecule has 0 amide bonds. The van der Waals surface area contributed by atoms with Crippen LogP contribution in [-0.2, 0) is 9.53 Å². The lowest BCUT2D eigenvalue weighted by Gasteiger charge is -2.63. The van der Waals surface area contributed by atoms with Gasteiger partial charge >= 0.3 is 5.97 Å². The summed E-state index contributed by atoms with van der Waals surface area (Å²) in [6, 6.07) is 4.51. The lowest BCUT2D eigenvalue weighted by molar-refractivity contribution is -0.147. The van der Waals surface area contributed by atoms with Crippen LogP contribution < -0.4 is 0 Å². The Morgan fingerprint density at radius 2 is 1.74 bits per heavy atom. The zero-order valence-electron chi connectivity index (χ0n) is 28.0. The molecule has 43 heavy (non-hydrogen) atoms. The molecular formula is C39H58O4. The molecule has 4 nitrogen and oxygen atoms in total. The van der Waals surface area contributed by atoms with Crippen molar-refractivity contribution in [2.75, 3.05) is 0 Å². The number of aromatic hydroxyl groups is 2. The monoisotopic (exact) mass is 590 g/mol. The van der Waals surface area contributed by atoms with E-state index in [1.807, 2.05) is 0 Å². The number of rotatable bonds is 9. The molecule has 4 heteroatoms. The standard InChI is InChI=1S/C39H58O4/c1-8-28(25(2)3)12-9-26(4)31-13-15-34-38(31,6)22-19-35-37(5)21-18-30(24-29(37)17-20-39(34,35)7)43-36(42)16-11-27-10-14-32(40)33(41)23-27/h10-11,14,16-17,23,25-26,28,30-31,34-35,40-41H,8-9,12-13,15,18-22,24H2,1-7H3/b16-11+/t26-,28-,30+,31-,34-,35-,37+,38-,39+/m1/s1. The number of hydrogen-bond acceptors (Lipinski definition) is 4. The number of hydrogen-bond donors (Lipinski definition) is 2. The third kappa shape index (κ3) is 5.94. The third-order valence-corrected chi connectivity index (χ3v) is 13.5. The molecule has 238 valence electrons. The molecule has 1 aromatic rings. The number of carbonyl (C=O) groups excluding carboxylic acids is 1. The molecule has 2 N–H and O–H groups in total. The van der Waals surface area contributed by atoms with Gasteiger partial charge in [-0.2, -0.15) is 0 Å². The normalized spacial score (nSPS) is 36.9.